The zero-order valence-electron chi connectivity index (χ0n) is 10.7. The van der Waals surface area contributed by atoms with E-state index in [0.717, 1.165) is 6.42 Å². The Morgan fingerprint density at radius 2 is 1.33 bits per heavy atom. The van der Waals surface area contributed by atoms with Crippen LogP contribution >= 0.6 is 0 Å². The third-order valence-electron chi connectivity index (χ3n) is 2.41. The molecule has 0 aliphatic carbocycles. The molecular formula is C11H22N2O5. The van der Waals surface area contributed by atoms with Crippen molar-refractivity contribution in [3.63, 3.8) is 0 Å². The fraction of sp³-hybridized carbons (Fsp3) is 0.818. The molecule has 0 heterocycles. The van der Waals surface area contributed by atoms with Crippen molar-refractivity contribution in [2.75, 3.05) is 45.9 Å². The molecule has 0 aromatic rings. The van der Waals surface area contributed by atoms with Crippen LogP contribution in [0.5, 0.6) is 0 Å². The third kappa shape index (κ3) is 8.91. The average Bonchev–Trinajstić information content (AvgIpc) is 2.24. The van der Waals surface area contributed by atoms with Crippen LogP contribution in [0.1, 0.15) is 13.3 Å². The van der Waals surface area contributed by atoms with Crippen molar-refractivity contribution in [1.29, 1.82) is 0 Å². The van der Waals surface area contributed by atoms with Gasteiger partial charge in [0.1, 0.15) is 0 Å². The van der Waals surface area contributed by atoms with Gasteiger partial charge in [0.05, 0.1) is 19.7 Å². The standard InChI is InChI=1S/C11H22N2O5/c1-2-3-12(8-10(15)16)4-5-13(6-7-14)9-11(17)18/h14H,2-9H2,1H3,(H,15,16)(H,17,18). The van der Waals surface area contributed by atoms with Gasteiger partial charge in [0.15, 0.2) is 0 Å². The molecule has 7 nitrogen and oxygen atoms in total. The number of carbonyl (C=O) groups is 2. The molecule has 0 fully saturated rings. The van der Waals surface area contributed by atoms with Crippen molar-refractivity contribution in [2.45, 2.75) is 13.3 Å². The summed E-state index contributed by atoms with van der Waals surface area (Å²) in [7, 11) is 0. The van der Waals surface area contributed by atoms with Crippen LogP contribution in [0, 0.1) is 0 Å². The lowest BCUT2D eigenvalue weighted by atomic mass is 10.3. The van der Waals surface area contributed by atoms with Crippen LogP contribution in [0.3, 0.4) is 0 Å². The van der Waals surface area contributed by atoms with Gasteiger partial charge in [-0.2, -0.15) is 0 Å². The maximum atomic E-state index is 10.6. The van der Waals surface area contributed by atoms with Crippen molar-refractivity contribution in [3.05, 3.63) is 0 Å². The maximum absolute atomic E-state index is 10.6. The van der Waals surface area contributed by atoms with Crippen molar-refractivity contribution in [1.82, 2.24) is 9.80 Å². The number of rotatable bonds is 11. The second kappa shape index (κ2) is 9.81. The Kier molecular flexibility index (Phi) is 9.17. The molecule has 106 valence electrons. The molecule has 0 aromatic carbocycles. The Labute approximate surface area is 107 Å². The molecule has 0 aliphatic rings. The Hall–Kier alpha value is -1.18. The summed E-state index contributed by atoms with van der Waals surface area (Å²) in [6.45, 7) is 3.50. The van der Waals surface area contributed by atoms with Crippen LogP contribution in [0.4, 0.5) is 0 Å². The van der Waals surface area contributed by atoms with Crippen LogP contribution in [-0.4, -0.2) is 82.9 Å². The molecule has 0 saturated carbocycles. The van der Waals surface area contributed by atoms with Crippen LogP contribution in [0.25, 0.3) is 0 Å². The lowest BCUT2D eigenvalue weighted by Crippen LogP contribution is -2.41. The van der Waals surface area contributed by atoms with E-state index in [1.165, 1.54) is 0 Å². The summed E-state index contributed by atoms with van der Waals surface area (Å²) in [5.74, 6) is -1.85. The van der Waals surface area contributed by atoms with Gasteiger partial charge in [-0.3, -0.25) is 19.4 Å². The van der Waals surface area contributed by atoms with Gasteiger partial charge < -0.3 is 15.3 Å². The largest absolute Gasteiger partial charge is 0.480 e. The summed E-state index contributed by atoms with van der Waals surface area (Å²) >= 11 is 0. The summed E-state index contributed by atoms with van der Waals surface area (Å²) < 4.78 is 0. The Bertz CT molecular complexity index is 234. The first-order chi connectivity index (χ1) is 8.49. The monoisotopic (exact) mass is 262 g/mol. The van der Waals surface area contributed by atoms with Crippen LogP contribution in [0.15, 0.2) is 0 Å². The van der Waals surface area contributed by atoms with Crippen molar-refractivity contribution in [2.24, 2.45) is 0 Å². The normalized spacial score (nSPS) is 11.1. The lowest BCUT2D eigenvalue weighted by Gasteiger charge is -2.24. The smallest absolute Gasteiger partial charge is 0.317 e. The van der Waals surface area contributed by atoms with Gasteiger partial charge in [-0.25, -0.2) is 0 Å². The molecule has 3 N–H and O–H groups in total. The molecule has 0 rings (SSSR count). The van der Waals surface area contributed by atoms with Crippen LogP contribution in [0.2, 0.25) is 0 Å². The molecule has 0 saturated heterocycles. The summed E-state index contributed by atoms with van der Waals surface area (Å²) in [4.78, 5) is 24.6. The minimum absolute atomic E-state index is 0.0477. The van der Waals surface area contributed by atoms with Gasteiger partial charge in [-0.1, -0.05) is 6.92 Å². The molecular weight excluding hydrogens is 240 g/mol. The zero-order chi connectivity index (χ0) is 14.0. The van der Waals surface area contributed by atoms with Crippen LogP contribution < -0.4 is 0 Å². The van der Waals surface area contributed by atoms with E-state index in [0.29, 0.717) is 19.6 Å². The minimum Gasteiger partial charge on any atom is -0.480 e. The number of hydrogen-bond donors (Lipinski definition) is 3. The molecule has 0 aliphatic heterocycles. The quantitative estimate of drug-likeness (QED) is 0.446. The van der Waals surface area contributed by atoms with Gasteiger partial charge in [0, 0.05) is 19.6 Å². The molecule has 7 heteroatoms. The lowest BCUT2D eigenvalue weighted by molar-refractivity contribution is -0.140. The van der Waals surface area contributed by atoms with Gasteiger partial charge in [0.25, 0.3) is 0 Å². The minimum atomic E-state index is -0.955. The second-order valence-electron chi connectivity index (χ2n) is 4.06. The van der Waals surface area contributed by atoms with Gasteiger partial charge in [-0.15, -0.1) is 0 Å². The fourth-order valence-corrected chi connectivity index (χ4v) is 1.66. The molecule has 0 aromatic heterocycles. The fourth-order valence-electron chi connectivity index (χ4n) is 1.66. The number of nitrogens with zero attached hydrogens (tertiary/aromatic N) is 2. The molecule has 0 amide bonds. The van der Waals surface area contributed by atoms with Gasteiger partial charge in [0.2, 0.25) is 0 Å². The number of carboxylic acids is 2. The van der Waals surface area contributed by atoms with E-state index in [2.05, 4.69) is 0 Å². The Balaban J connectivity index is 4.16. The van der Waals surface area contributed by atoms with E-state index < -0.39 is 11.9 Å². The molecule has 0 bridgehead atoms. The SMILES string of the molecule is CCCN(CCN(CCO)CC(=O)O)CC(=O)O. The van der Waals surface area contributed by atoms with E-state index >= 15 is 0 Å². The second-order valence-corrected chi connectivity index (χ2v) is 4.06. The first kappa shape index (κ1) is 16.8. The van der Waals surface area contributed by atoms with Gasteiger partial charge in [-0.05, 0) is 13.0 Å². The Morgan fingerprint density at radius 3 is 1.67 bits per heavy atom. The average molecular weight is 262 g/mol. The Morgan fingerprint density at radius 1 is 0.889 bits per heavy atom. The topological polar surface area (TPSA) is 101 Å². The molecule has 0 radical (unpaired) electrons. The van der Waals surface area contributed by atoms with Crippen molar-refractivity contribution < 1.29 is 24.9 Å². The number of carboxylic acid groups (broad SMARTS) is 2. The molecule has 0 unspecified atom stereocenters. The van der Waals surface area contributed by atoms with E-state index in [-0.39, 0.29) is 26.2 Å². The summed E-state index contributed by atoms with van der Waals surface area (Å²) in [5.41, 5.74) is 0. The third-order valence-corrected chi connectivity index (χ3v) is 2.41. The number of hydrogen-bond acceptors (Lipinski definition) is 5. The zero-order valence-corrected chi connectivity index (χ0v) is 10.7. The highest BCUT2D eigenvalue weighted by Gasteiger charge is 2.13. The van der Waals surface area contributed by atoms with E-state index in [9.17, 15) is 9.59 Å². The number of aliphatic carboxylic acids is 2. The molecule has 0 atom stereocenters. The van der Waals surface area contributed by atoms with Crippen molar-refractivity contribution >= 4 is 11.9 Å². The summed E-state index contributed by atoms with van der Waals surface area (Å²) in [6, 6.07) is 0. The highest BCUT2D eigenvalue weighted by Crippen LogP contribution is 1.95. The van der Waals surface area contributed by atoms with E-state index in [1.54, 1.807) is 9.80 Å². The van der Waals surface area contributed by atoms with Crippen LogP contribution in [-0.2, 0) is 9.59 Å². The summed E-state index contributed by atoms with van der Waals surface area (Å²) in [5, 5.41) is 26.2. The highest BCUT2D eigenvalue weighted by atomic mass is 16.4. The first-order valence-electron chi connectivity index (χ1n) is 5.98. The predicted molar refractivity (Wildman–Crippen MR) is 65.5 cm³/mol. The van der Waals surface area contributed by atoms with Crippen molar-refractivity contribution in [3.8, 4) is 0 Å². The highest BCUT2D eigenvalue weighted by molar-refractivity contribution is 5.69. The maximum Gasteiger partial charge on any atom is 0.317 e. The van der Waals surface area contributed by atoms with Gasteiger partial charge >= 0.3 is 11.9 Å². The summed E-state index contributed by atoms with van der Waals surface area (Å²) in [6.07, 6.45) is 0.839. The first-order valence-corrected chi connectivity index (χ1v) is 5.98. The molecule has 18 heavy (non-hydrogen) atoms. The number of aliphatic hydroxyl groups excluding tert-OH is 1. The molecule has 0 spiro atoms. The number of aliphatic hydroxyl groups is 1. The van der Waals surface area contributed by atoms with E-state index in [1.807, 2.05) is 6.92 Å². The van der Waals surface area contributed by atoms with E-state index in [4.69, 9.17) is 15.3 Å². The predicted octanol–water partition coefficient (Wildman–Crippen LogP) is -0.838.